The Bertz CT molecular complexity index is 186. The molecule has 2 heterocycles. The van der Waals surface area contributed by atoms with Gasteiger partial charge in [0.25, 0.3) is 0 Å². The van der Waals surface area contributed by atoms with E-state index < -0.39 is 0 Å². The highest BCUT2D eigenvalue weighted by atomic mass is 16.5. The number of nitrogens with one attached hydrogen (secondary N) is 1. The fourth-order valence-corrected chi connectivity index (χ4v) is 2.79. The smallest absolute Gasteiger partial charge is 0.0710 e. The molecule has 2 aliphatic heterocycles. The zero-order valence-corrected chi connectivity index (χ0v) is 9.33. The van der Waals surface area contributed by atoms with E-state index in [9.17, 15) is 0 Å². The van der Waals surface area contributed by atoms with E-state index in [-0.39, 0.29) is 0 Å². The summed E-state index contributed by atoms with van der Waals surface area (Å²) in [5.41, 5.74) is 0. The van der Waals surface area contributed by atoms with Crippen LogP contribution >= 0.6 is 0 Å². The Morgan fingerprint density at radius 1 is 1.36 bits per heavy atom. The first-order chi connectivity index (χ1) is 6.81. The molecule has 0 amide bonds. The monoisotopic (exact) mass is 198 g/mol. The Kier molecular flexibility index (Phi) is 3.42. The third kappa shape index (κ3) is 2.10. The maximum absolute atomic E-state index is 5.41. The van der Waals surface area contributed by atoms with Gasteiger partial charge in [-0.1, -0.05) is 6.92 Å². The second kappa shape index (κ2) is 4.60. The highest BCUT2D eigenvalue weighted by molar-refractivity contribution is 4.88. The summed E-state index contributed by atoms with van der Waals surface area (Å²) in [6.45, 7) is 7.10. The number of ether oxygens (including phenoxy) is 1. The third-order valence-electron chi connectivity index (χ3n) is 3.72. The summed E-state index contributed by atoms with van der Waals surface area (Å²) in [5, 5.41) is 3.46. The average Bonchev–Trinajstić information content (AvgIpc) is 2.67. The van der Waals surface area contributed by atoms with E-state index in [1.165, 1.54) is 32.5 Å². The minimum atomic E-state index is 0.483. The number of rotatable bonds is 2. The molecule has 2 fully saturated rings. The second-order valence-electron chi connectivity index (χ2n) is 4.68. The van der Waals surface area contributed by atoms with Crippen LogP contribution in [-0.2, 0) is 4.74 Å². The van der Waals surface area contributed by atoms with Gasteiger partial charge in [0.2, 0.25) is 0 Å². The van der Waals surface area contributed by atoms with Crippen LogP contribution in [0, 0.1) is 5.92 Å². The molecule has 14 heavy (non-hydrogen) atoms. The van der Waals surface area contributed by atoms with Crippen molar-refractivity contribution in [2.45, 2.75) is 31.9 Å². The van der Waals surface area contributed by atoms with Crippen LogP contribution < -0.4 is 5.32 Å². The summed E-state index contributed by atoms with van der Waals surface area (Å²) in [7, 11) is 1.83. The molecule has 0 aromatic heterocycles. The standard InChI is InChI=1S/C11H22N2O/c1-9-7-12-5-3-11(9)13-6-4-10(8-13)14-2/h9-12H,3-8H2,1-2H3. The molecular formula is C11H22N2O. The minimum absolute atomic E-state index is 0.483. The van der Waals surface area contributed by atoms with E-state index in [0.717, 1.165) is 18.5 Å². The van der Waals surface area contributed by atoms with Gasteiger partial charge in [-0.25, -0.2) is 0 Å². The maximum atomic E-state index is 5.41. The van der Waals surface area contributed by atoms with Gasteiger partial charge in [-0.15, -0.1) is 0 Å². The topological polar surface area (TPSA) is 24.5 Å². The molecule has 0 saturated carbocycles. The van der Waals surface area contributed by atoms with Gasteiger partial charge in [-0.3, -0.25) is 4.90 Å². The van der Waals surface area contributed by atoms with E-state index >= 15 is 0 Å². The van der Waals surface area contributed by atoms with E-state index in [4.69, 9.17) is 4.74 Å². The normalized spacial score (nSPS) is 40.3. The molecule has 2 aliphatic rings. The Balaban J connectivity index is 1.88. The number of hydrogen-bond acceptors (Lipinski definition) is 3. The molecule has 3 nitrogen and oxygen atoms in total. The SMILES string of the molecule is COC1CCN(C2CCNCC2C)C1. The van der Waals surface area contributed by atoms with Gasteiger partial charge in [0.05, 0.1) is 6.10 Å². The largest absolute Gasteiger partial charge is 0.380 e. The van der Waals surface area contributed by atoms with Gasteiger partial charge >= 0.3 is 0 Å². The highest BCUT2D eigenvalue weighted by Crippen LogP contribution is 2.23. The van der Waals surface area contributed by atoms with E-state index in [0.29, 0.717) is 6.10 Å². The minimum Gasteiger partial charge on any atom is -0.380 e. The zero-order valence-electron chi connectivity index (χ0n) is 9.33. The molecule has 0 spiro atoms. The van der Waals surface area contributed by atoms with Crippen LogP contribution in [0.4, 0.5) is 0 Å². The predicted octanol–water partition coefficient (Wildman–Crippen LogP) is 0.705. The van der Waals surface area contributed by atoms with Crippen molar-refractivity contribution < 1.29 is 4.74 Å². The van der Waals surface area contributed by atoms with Gasteiger partial charge in [-0.05, 0) is 31.8 Å². The summed E-state index contributed by atoms with van der Waals surface area (Å²) < 4.78 is 5.41. The first-order valence-electron chi connectivity index (χ1n) is 5.79. The third-order valence-corrected chi connectivity index (χ3v) is 3.72. The van der Waals surface area contributed by atoms with Crippen molar-refractivity contribution in [2.24, 2.45) is 5.92 Å². The fourth-order valence-electron chi connectivity index (χ4n) is 2.79. The van der Waals surface area contributed by atoms with Gasteiger partial charge in [0, 0.05) is 26.2 Å². The molecule has 82 valence electrons. The Labute approximate surface area is 86.8 Å². The van der Waals surface area contributed by atoms with Crippen molar-refractivity contribution in [3.05, 3.63) is 0 Å². The summed E-state index contributed by atoms with van der Waals surface area (Å²) in [5.74, 6) is 0.791. The number of hydrogen-bond donors (Lipinski definition) is 1. The zero-order chi connectivity index (χ0) is 9.97. The Morgan fingerprint density at radius 3 is 2.86 bits per heavy atom. The van der Waals surface area contributed by atoms with Crippen molar-refractivity contribution in [2.75, 3.05) is 33.3 Å². The van der Waals surface area contributed by atoms with Gasteiger partial charge in [0.1, 0.15) is 0 Å². The van der Waals surface area contributed by atoms with Crippen LogP contribution in [0.1, 0.15) is 19.8 Å². The molecule has 0 aromatic rings. The molecular weight excluding hydrogens is 176 g/mol. The van der Waals surface area contributed by atoms with Crippen LogP contribution in [0.25, 0.3) is 0 Å². The van der Waals surface area contributed by atoms with E-state index in [1.807, 2.05) is 7.11 Å². The number of nitrogens with zero attached hydrogens (tertiary/aromatic N) is 1. The first kappa shape index (κ1) is 10.4. The quantitative estimate of drug-likeness (QED) is 0.707. The van der Waals surface area contributed by atoms with Crippen LogP contribution in [0.5, 0.6) is 0 Å². The Hall–Kier alpha value is -0.120. The number of methoxy groups -OCH3 is 1. The summed E-state index contributed by atoms with van der Waals surface area (Å²) in [6.07, 6.45) is 3.00. The van der Waals surface area contributed by atoms with Crippen molar-refractivity contribution in [3.8, 4) is 0 Å². The number of piperidine rings is 1. The lowest BCUT2D eigenvalue weighted by atomic mass is 9.94. The van der Waals surface area contributed by atoms with Crippen LogP contribution in [0.2, 0.25) is 0 Å². The Morgan fingerprint density at radius 2 is 2.21 bits per heavy atom. The van der Waals surface area contributed by atoms with Crippen molar-refractivity contribution in [1.82, 2.24) is 10.2 Å². The van der Waals surface area contributed by atoms with Gasteiger partial charge in [0.15, 0.2) is 0 Å². The molecule has 2 rings (SSSR count). The van der Waals surface area contributed by atoms with E-state index in [2.05, 4.69) is 17.1 Å². The molecule has 0 aliphatic carbocycles. The highest BCUT2D eigenvalue weighted by Gasteiger charge is 2.32. The number of likely N-dealkylation sites (tertiary alicyclic amines) is 1. The summed E-state index contributed by atoms with van der Waals surface area (Å²) in [4.78, 5) is 2.62. The lowest BCUT2D eigenvalue weighted by Crippen LogP contribution is -2.48. The molecule has 0 bridgehead atoms. The van der Waals surface area contributed by atoms with Crippen molar-refractivity contribution >= 4 is 0 Å². The molecule has 3 atom stereocenters. The molecule has 0 radical (unpaired) electrons. The second-order valence-corrected chi connectivity index (χ2v) is 4.68. The molecule has 2 saturated heterocycles. The molecule has 3 heteroatoms. The summed E-state index contributed by atoms with van der Waals surface area (Å²) in [6, 6.07) is 0.788. The van der Waals surface area contributed by atoms with Crippen LogP contribution in [0.3, 0.4) is 0 Å². The van der Waals surface area contributed by atoms with Gasteiger partial charge in [-0.2, -0.15) is 0 Å². The first-order valence-corrected chi connectivity index (χ1v) is 5.79. The lowest BCUT2D eigenvalue weighted by molar-refractivity contribution is 0.0861. The molecule has 0 aromatic carbocycles. The van der Waals surface area contributed by atoms with Crippen molar-refractivity contribution in [3.63, 3.8) is 0 Å². The lowest BCUT2D eigenvalue weighted by Gasteiger charge is -2.36. The summed E-state index contributed by atoms with van der Waals surface area (Å²) >= 11 is 0. The maximum Gasteiger partial charge on any atom is 0.0710 e. The van der Waals surface area contributed by atoms with Gasteiger partial charge < -0.3 is 10.1 Å². The average molecular weight is 198 g/mol. The molecule has 3 unspecified atom stereocenters. The van der Waals surface area contributed by atoms with Crippen LogP contribution in [-0.4, -0.2) is 50.3 Å². The fraction of sp³-hybridized carbons (Fsp3) is 1.00. The van der Waals surface area contributed by atoms with Crippen molar-refractivity contribution in [1.29, 1.82) is 0 Å². The van der Waals surface area contributed by atoms with E-state index in [1.54, 1.807) is 0 Å². The van der Waals surface area contributed by atoms with Crippen LogP contribution in [0.15, 0.2) is 0 Å². The predicted molar refractivity (Wildman–Crippen MR) is 57.4 cm³/mol. The molecule has 1 N–H and O–H groups in total.